The van der Waals surface area contributed by atoms with Crippen molar-refractivity contribution in [3.8, 4) is 0 Å². The fraction of sp³-hybridized carbons (Fsp3) is 0.238. The predicted octanol–water partition coefficient (Wildman–Crippen LogP) is 5.33. The summed E-state index contributed by atoms with van der Waals surface area (Å²) in [4.78, 5) is 16.7. The average Bonchev–Trinajstić information content (AvgIpc) is 3.10. The van der Waals surface area contributed by atoms with Crippen molar-refractivity contribution in [2.24, 2.45) is 0 Å². The summed E-state index contributed by atoms with van der Waals surface area (Å²) in [7, 11) is 0. The normalized spacial score (nSPS) is 11.6. The first-order chi connectivity index (χ1) is 13.2. The summed E-state index contributed by atoms with van der Waals surface area (Å²) in [5.41, 5.74) is 0.569. The molecule has 1 N–H and O–H groups in total. The molecule has 0 unspecified atom stereocenters. The predicted molar refractivity (Wildman–Crippen MR) is 101 cm³/mol. The third kappa shape index (κ3) is 4.60. The molecular weight excluding hydrogens is 367 g/mol. The maximum Gasteiger partial charge on any atom is 0.416 e. The van der Waals surface area contributed by atoms with Crippen LogP contribution < -0.4 is 5.32 Å². The largest absolute Gasteiger partial charge is 0.416 e. The molecule has 2 aromatic carbocycles. The molecule has 0 atom stereocenters. The molecule has 0 bridgehead atoms. The standard InChI is InChI=1S/C21H20F3N3O/c1-14(2)19-25-9-10-27(19)13-15-5-3-8-18(11-15)26-20(28)16-6-4-7-17(12-16)21(22,23)24/h3-12,14H,13H2,1-2H3,(H,26,28). The summed E-state index contributed by atoms with van der Waals surface area (Å²) < 4.78 is 40.6. The van der Waals surface area contributed by atoms with E-state index in [4.69, 9.17) is 0 Å². The van der Waals surface area contributed by atoms with E-state index in [2.05, 4.69) is 24.1 Å². The fourth-order valence-corrected chi connectivity index (χ4v) is 2.94. The number of hydrogen-bond acceptors (Lipinski definition) is 2. The van der Waals surface area contributed by atoms with E-state index in [-0.39, 0.29) is 11.5 Å². The third-order valence-corrected chi connectivity index (χ3v) is 4.25. The highest BCUT2D eigenvalue weighted by atomic mass is 19.4. The van der Waals surface area contributed by atoms with Crippen molar-refractivity contribution in [2.75, 3.05) is 5.32 Å². The van der Waals surface area contributed by atoms with Gasteiger partial charge in [-0.3, -0.25) is 4.79 Å². The summed E-state index contributed by atoms with van der Waals surface area (Å²) in [6.45, 7) is 4.70. The highest BCUT2D eigenvalue weighted by molar-refractivity contribution is 6.04. The number of alkyl halides is 3. The van der Waals surface area contributed by atoms with E-state index >= 15 is 0 Å². The van der Waals surface area contributed by atoms with E-state index in [1.54, 1.807) is 24.4 Å². The lowest BCUT2D eigenvalue weighted by molar-refractivity contribution is -0.137. The van der Waals surface area contributed by atoms with Crippen LogP contribution in [0.4, 0.5) is 18.9 Å². The van der Waals surface area contributed by atoms with E-state index in [1.165, 1.54) is 12.1 Å². The van der Waals surface area contributed by atoms with Crippen LogP contribution in [0.5, 0.6) is 0 Å². The van der Waals surface area contributed by atoms with Gasteiger partial charge in [0.2, 0.25) is 0 Å². The van der Waals surface area contributed by atoms with Crippen molar-refractivity contribution in [3.05, 3.63) is 83.4 Å². The van der Waals surface area contributed by atoms with Crippen LogP contribution in [-0.2, 0) is 12.7 Å². The number of amides is 1. The second-order valence-corrected chi connectivity index (χ2v) is 6.80. The number of rotatable bonds is 5. The van der Waals surface area contributed by atoms with E-state index in [0.29, 0.717) is 12.2 Å². The van der Waals surface area contributed by atoms with Crippen molar-refractivity contribution in [1.82, 2.24) is 9.55 Å². The molecule has 3 aromatic rings. The highest BCUT2D eigenvalue weighted by Gasteiger charge is 2.30. The number of imidazole rings is 1. The van der Waals surface area contributed by atoms with Gasteiger partial charge < -0.3 is 9.88 Å². The van der Waals surface area contributed by atoms with Gasteiger partial charge in [-0.1, -0.05) is 32.0 Å². The van der Waals surface area contributed by atoms with Crippen LogP contribution >= 0.6 is 0 Å². The van der Waals surface area contributed by atoms with Crippen LogP contribution in [-0.4, -0.2) is 15.5 Å². The number of benzene rings is 2. The first-order valence-corrected chi connectivity index (χ1v) is 8.82. The quantitative estimate of drug-likeness (QED) is 0.644. The minimum atomic E-state index is -4.49. The summed E-state index contributed by atoms with van der Waals surface area (Å²) >= 11 is 0. The van der Waals surface area contributed by atoms with Crippen molar-refractivity contribution >= 4 is 11.6 Å². The molecule has 1 heterocycles. The molecule has 1 aromatic heterocycles. The molecule has 146 valence electrons. The van der Waals surface area contributed by atoms with Gasteiger partial charge in [-0.25, -0.2) is 4.98 Å². The van der Waals surface area contributed by atoms with Crippen molar-refractivity contribution < 1.29 is 18.0 Å². The zero-order valence-electron chi connectivity index (χ0n) is 15.5. The van der Waals surface area contributed by atoms with Gasteiger partial charge in [0.25, 0.3) is 5.91 Å². The molecule has 0 saturated heterocycles. The van der Waals surface area contributed by atoms with Gasteiger partial charge in [0.15, 0.2) is 0 Å². The Hall–Kier alpha value is -3.09. The number of anilines is 1. The minimum Gasteiger partial charge on any atom is -0.330 e. The second-order valence-electron chi connectivity index (χ2n) is 6.80. The average molecular weight is 387 g/mol. The number of carbonyl (C=O) groups is 1. The molecule has 4 nitrogen and oxygen atoms in total. The number of carbonyl (C=O) groups excluding carboxylic acids is 1. The van der Waals surface area contributed by atoms with Crippen molar-refractivity contribution in [2.45, 2.75) is 32.5 Å². The Morgan fingerprint density at radius 2 is 1.89 bits per heavy atom. The van der Waals surface area contributed by atoms with Crippen molar-refractivity contribution in [3.63, 3.8) is 0 Å². The Bertz CT molecular complexity index is 977. The number of hydrogen-bond donors (Lipinski definition) is 1. The van der Waals surface area contributed by atoms with Crippen LogP contribution in [0.15, 0.2) is 60.9 Å². The Kier molecular flexibility index (Phi) is 5.53. The minimum absolute atomic E-state index is 0.0445. The molecule has 28 heavy (non-hydrogen) atoms. The van der Waals surface area contributed by atoms with Crippen LogP contribution in [0.25, 0.3) is 0 Å². The van der Waals surface area contributed by atoms with Crippen LogP contribution in [0.1, 0.15) is 47.1 Å². The highest BCUT2D eigenvalue weighted by Crippen LogP contribution is 2.29. The SMILES string of the molecule is CC(C)c1nccn1Cc1cccc(NC(=O)c2cccc(C(F)(F)F)c2)c1. The van der Waals surface area contributed by atoms with Crippen LogP contribution in [0.3, 0.4) is 0 Å². The van der Waals surface area contributed by atoms with Gasteiger partial charge in [-0.05, 0) is 35.9 Å². The lowest BCUT2D eigenvalue weighted by Crippen LogP contribution is -2.14. The van der Waals surface area contributed by atoms with Gasteiger partial charge in [0.05, 0.1) is 5.56 Å². The van der Waals surface area contributed by atoms with Gasteiger partial charge in [0, 0.05) is 36.1 Å². The van der Waals surface area contributed by atoms with Gasteiger partial charge in [-0.15, -0.1) is 0 Å². The van der Waals surface area contributed by atoms with E-state index in [0.717, 1.165) is 23.5 Å². The molecule has 0 radical (unpaired) electrons. The molecule has 0 fully saturated rings. The molecule has 0 saturated carbocycles. The van der Waals surface area contributed by atoms with Gasteiger partial charge in [0.1, 0.15) is 5.82 Å². The lowest BCUT2D eigenvalue weighted by Gasteiger charge is -2.12. The molecule has 0 aliphatic heterocycles. The van der Waals surface area contributed by atoms with Crippen LogP contribution in [0.2, 0.25) is 0 Å². The first-order valence-electron chi connectivity index (χ1n) is 8.82. The number of nitrogens with zero attached hydrogens (tertiary/aromatic N) is 2. The van der Waals surface area contributed by atoms with Gasteiger partial charge in [-0.2, -0.15) is 13.2 Å². The van der Waals surface area contributed by atoms with Crippen molar-refractivity contribution in [1.29, 1.82) is 0 Å². The maximum atomic E-state index is 12.8. The summed E-state index contributed by atoms with van der Waals surface area (Å²) in [6, 6.07) is 11.6. The second kappa shape index (κ2) is 7.88. The van der Waals surface area contributed by atoms with Gasteiger partial charge >= 0.3 is 6.18 Å². The lowest BCUT2D eigenvalue weighted by atomic mass is 10.1. The third-order valence-electron chi connectivity index (χ3n) is 4.25. The Balaban J connectivity index is 1.76. The molecular formula is C21H20F3N3O. The molecule has 0 aliphatic carbocycles. The van der Waals surface area contributed by atoms with E-state index < -0.39 is 17.6 Å². The monoisotopic (exact) mass is 387 g/mol. The number of aromatic nitrogens is 2. The Labute approximate surface area is 161 Å². The molecule has 1 amide bonds. The Morgan fingerprint density at radius 1 is 1.14 bits per heavy atom. The molecule has 0 aliphatic rings. The maximum absolute atomic E-state index is 12.8. The first kappa shape index (κ1) is 19.7. The molecule has 7 heteroatoms. The molecule has 0 spiro atoms. The van der Waals surface area contributed by atoms with E-state index in [1.807, 2.05) is 16.8 Å². The Morgan fingerprint density at radius 3 is 2.61 bits per heavy atom. The van der Waals surface area contributed by atoms with E-state index in [9.17, 15) is 18.0 Å². The number of halogens is 3. The summed E-state index contributed by atoms with van der Waals surface area (Å²) in [5, 5.41) is 2.66. The fourth-order valence-electron chi connectivity index (χ4n) is 2.94. The number of nitrogens with one attached hydrogen (secondary N) is 1. The zero-order valence-corrected chi connectivity index (χ0v) is 15.5. The topological polar surface area (TPSA) is 46.9 Å². The molecule has 3 rings (SSSR count). The zero-order chi connectivity index (χ0) is 20.3. The smallest absolute Gasteiger partial charge is 0.330 e. The summed E-state index contributed by atoms with van der Waals surface area (Å²) in [5.74, 6) is 0.644. The van der Waals surface area contributed by atoms with Crippen LogP contribution in [0, 0.1) is 0 Å². The summed E-state index contributed by atoms with van der Waals surface area (Å²) in [6.07, 6.45) is -0.854.